The molecule has 2 atom stereocenters. The van der Waals surface area contributed by atoms with Gasteiger partial charge in [-0.25, -0.2) is 0 Å². The Hall–Kier alpha value is 1.36. The molecule has 0 saturated carbocycles. The van der Waals surface area contributed by atoms with Gasteiger partial charge in [-0.05, 0) is 24.5 Å². The average Bonchev–Trinajstić information content (AvgIpc) is 2.68. The first kappa shape index (κ1) is 39.6. The number of hydrogen-bond donors (Lipinski definition) is 1. The fraction of sp³-hybridized carbons (Fsp3) is 0.444. The molecule has 0 radical (unpaired) electrons. The van der Waals surface area contributed by atoms with Gasteiger partial charge in [0.05, 0.1) is 4.92 Å². The third-order valence-electron chi connectivity index (χ3n) is 2.65. The molecular weight excluding hydrogens is 845 g/mol. The van der Waals surface area contributed by atoms with Crippen molar-refractivity contribution in [3.63, 3.8) is 0 Å². The van der Waals surface area contributed by atoms with Gasteiger partial charge in [0.15, 0.2) is 10.8 Å². The zero-order chi connectivity index (χ0) is 24.3. The van der Waals surface area contributed by atoms with E-state index in [0.717, 1.165) is 17.5 Å². The van der Waals surface area contributed by atoms with Crippen LogP contribution in [0.3, 0.4) is 0 Å². The Kier molecular flexibility index (Phi) is 33.2. The van der Waals surface area contributed by atoms with Gasteiger partial charge in [-0.3, -0.25) is 14.7 Å². The van der Waals surface area contributed by atoms with E-state index in [9.17, 15) is 14.3 Å². The number of nitro benzene ring substituents is 1. The van der Waals surface area contributed by atoms with Crippen LogP contribution in [-0.4, -0.2) is 13.7 Å². The van der Waals surface area contributed by atoms with Gasteiger partial charge in [-0.1, -0.05) is 83.5 Å². The van der Waals surface area contributed by atoms with Gasteiger partial charge in [-0.15, -0.1) is 0 Å². The van der Waals surface area contributed by atoms with E-state index in [1.165, 1.54) is 12.1 Å². The van der Waals surface area contributed by atoms with E-state index in [4.69, 9.17) is 27.8 Å². The van der Waals surface area contributed by atoms with E-state index < -0.39 is 16.3 Å². The van der Waals surface area contributed by atoms with Crippen LogP contribution in [0.4, 0.5) is 5.69 Å². The Morgan fingerprint density at radius 2 is 1.71 bits per heavy atom. The number of halogens is 5. The molecule has 1 N–H and O–H groups in total. The summed E-state index contributed by atoms with van der Waals surface area (Å²) >= 11 is 16.1. The molecule has 0 bridgehead atoms. The number of benzene rings is 1. The maximum absolute atomic E-state index is 10.4. The summed E-state index contributed by atoms with van der Waals surface area (Å²) in [7, 11) is 0. The Balaban J connectivity index is -0.000000182. The second-order valence-electron chi connectivity index (χ2n) is 4.45. The Bertz CT molecular complexity index is 695. The molecule has 182 valence electrons. The molecule has 0 aliphatic heterocycles. The number of hydrogen-bond acceptors (Lipinski definition) is 4. The van der Waals surface area contributed by atoms with Crippen LogP contribution < -0.4 is 4.18 Å². The van der Waals surface area contributed by atoms with Crippen molar-refractivity contribution in [1.82, 2.24) is 0 Å². The van der Waals surface area contributed by atoms with E-state index in [-0.39, 0.29) is 28.8 Å². The van der Waals surface area contributed by atoms with Crippen LogP contribution in [0.5, 0.6) is 5.75 Å². The summed E-state index contributed by atoms with van der Waals surface area (Å²) in [6, 6.07) is 3.71. The van der Waals surface area contributed by atoms with Crippen LogP contribution >= 0.6 is 83.1 Å². The molecule has 1 aliphatic rings. The van der Waals surface area contributed by atoms with Crippen molar-refractivity contribution in [2.45, 2.75) is 48.5 Å². The Morgan fingerprint density at radius 3 is 2.03 bits per heavy atom. The van der Waals surface area contributed by atoms with Crippen molar-refractivity contribution in [2.75, 3.05) is 0 Å². The summed E-state index contributed by atoms with van der Waals surface area (Å²) in [5.74, 6) is 0.336. The minimum absolute atomic E-state index is 0. The third kappa shape index (κ3) is 22.9. The molecule has 2 unspecified atom stereocenters. The number of nitrogens with zero attached hydrogens (tertiary/aromatic N) is 1. The number of rotatable bonds is 3. The molecular formula is C18H29Cl2I3NO5SV. The van der Waals surface area contributed by atoms with Gasteiger partial charge in [-0.2, -0.15) is 4.21 Å². The minimum atomic E-state index is -2.56. The van der Waals surface area contributed by atoms with Crippen LogP contribution in [0.15, 0.2) is 41.5 Å². The molecule has 0 saturated heterocycles. The predicted octanol–water partition coefficient (Wildman–Crippen LogP) is 9.81. The summed E-state index contributed by atoms with van der Waals surface area (Å²) in [5, 5.41) is 11.1. The van der Waals surface area contributed by atoms with Crippen molar-refractivity contribution < 1.29 is 22.8 Å². The molecule has 0 amide bonds. The van der Waals surface area contributed by atoms with Gasteiger partial charge >= 0.3 is 76.2 Å². The molecule has 2 rings (SSSR count). The summed E-state index contributed by atoms with van der Waals surface area (Å²) in [6.07, 6.45) is 7.18. The van der Waals surface area contributed by atoms with Crippen LogP contribution in [0, 0.1) is 16.0 Å². The van der Waals surface area contributed by atoms with Crippen LogP contribution in [0.1, 0.15) is 48.5 Å². The van der Waals surface area contributed by atoms with Crippen molar-refractivity contribution >= 4 is 100 Å². The molecule has 31 heavy (non-hydrogen) atoms. The van der Waals surface area contributed by atoms with Crippen molar-refractivity contribution in [3.05, 3.63) is 56.6 Å². The Morgan fingerprint density at radius 1 is 1.23 bits per heavy atom. The Labute approximate surface area is 236 Å². The first-order valence-electron chi connectivity index (χ1n) is 8.58. The molecule has 6 nitrogen and oxygen atoms in total. The molecule has 1 aliphatic carbocycles. The molecule has 1 aromatic carbocycles. The van der Waals surface area contributed by atoms with E-state index in [0.29, 0.717) is 5.92 Å². The molecule has 0 aromatic heterocycles. The standard InChI is InChI=1S/C7H9Cl.C6H4ClNO5S.2C2H6.CH4.3HI.V/c1-6-4-2-3-5-7(6)8;7-6-4(8(9)10)2-1-3-5(6)13-14(11)12;2*1-2;;;;;/h2-3,5-6H,4H2,1H3;1-3H,(H,11,12);2*1-2H3;1H4;3*1H;/q;;;;;;;;+3/p-3. The fourth-order valence-corrected chi connectivity index (χ4v) is 2.23. The third-order valence-corrected chi connectivity index (χ3v) is 3.85. The van der Waals surface area contributed by atoms with E-state index in [1.807, 2.05) is 39.8 Å². The summed E-state index contributed by atoms with van der Waals surface area (Å²) in [6.45, 7) is 10.1. The quantitative estimate of drug-likeness (QED) is 0.142. The first-order valence-corrected chi connectivity index (χ1v) is 23.9. The van der Waals surface area contributed by atoms with Gasteiger partial charge in [0.25, 0.3) is 5.69 Å². The van der Waals surface area contributed by atoms with Crippen LogP contribution in [0.25, 0.3) is 0 Å². The second-order valence-corrected chi connectivity index (χ2v) is 41.2. The zero-order valence-corrected chi connectivity index (χ0v) is 27.2. The maximum atomic E-state index is 10.4. The topological polar surface area (TPSA) is 89.7 Å². The molecule has 0 spiro atoms. The van der Waals surface area contributed by atoms with Crippen molar-refractivity contribution in [1.29, 1.82) is 0 Å². The number of allylic oxidation sites excluding steroid dienone is 4. The van der Waals surface area contributed by atoms with Gasteiger partial charge in [0.1, 0.15) is 0 Å². The summed E-state index contributed by atoms with van der Waals surface area (Å²) in [4.78, 5) is 9.40. The van der Waals surface area contributed by atoms with E-state index >= 15 is 0 Å². The SMILES string of the molecule is C.CC.CC.CC1CC=CC=C1Cl.O=[N+]([O-])c1cccc(OS(=O)O)c1Cl.[I][V]([I])[I]. The normalized spacial score (nSPS) is 14.2. The first-order chi connectivity index (χ1) is 14.1. The summed E-state index contributed by atoms with van der Waals surface area (Å²) in [5.41, 5.74) is -0.380. The molecule has 0 fully saturated rings. The fourth-order valence-electron chi connectivity index (χ4n) is 1.50. The van der Waals surface area contributed by atoms with Crippen molar-refractivity contribution in [3.8, 4) is 5.75 Å². The summed E-state index contributed by atoms with van der Waals surface area (Å²) < 4.78 is 23.0. The van der Waals surface area contributed by atoms with Gasteiger partial charge < -0.3 is 4.18 Å². The molecule has 1 aromatic rings. The van der Waals surface area contributed by atoms with E-state index in [2.05, 4.69) is 77.1 Å². The average molecular weight is 874 g/mol. The van der Waals surface area contributed by atoms with Gasteiger partial charge in [0, 0.05) is 11.1 Å². The number of nitro groups is 1. The predicted molar refractivity (Wildman–Crippen MR) is 158 cm³/mol. The molecule has 13 heteroatoms. The monoisotopic (exact) mass is 873 g/mol. The zero-order valence-electron chi connectivity index (χ0n) is 17.0. The van der Waals surface area contributed by atoms with E-state index in [1.54, 1.807) is 0 Å². The van der Waals surface area contributed by atoms with Crippen molar-refractivity contribution in [2.24, 2.45) is 5.92 Å². The van der Waals surface area contributed by atoms with Crippen LogP contribution in [-0.2, 0) is 16.3 Å². The molecule has 0 heterocycles. The second kappa shape index (κ2) is 26.0. The van der Waals surface area contributed by atoms with Crippen LogP contribution in [0.2, 0.25) is 5.02 Å². The van der Waals surface area contributed by atoms with Gasteiger partial charge in [0.2, 0.25) is 0 Å².